The molecule has 2 nitrogen and oxygen atoms in total. The van der Waals surface area contributed by atoms with Crippen LogP contribution in [0.2, 0.25) is 0 Å². The zero-order chi connectivity index (χ0) is 11.4. The normalized spacial score (nSPS) is 12.9. The predicted molar refractivity (Wildman–Crippen MR) is 58.1 cm³/mol. The van der Waals surface area contributed by atoms with Crippen molar-refractivity contribution < 1.29 is 9.18 Å². The molecule has 0 aromatic heterocycles. The molecule has 3 heteroatoms. The lowest BCUT2D eigenvalue weighted by Gasteiger charge is -2.17. The van der Waals surface area contributed by atoms with Crippen LogP contribution in [0.15, 0.2) is 24.3 Å². The van der Waals surface area contributed by atoms with Crippen molar-refractivity contribution in [1.82, 2.24) is 0 Å². The molecular formula is C12H16FNO. The van der Waals surface area contributed by atoms with Crippen LogP contribution >= 0.6 is 0 Å². The first-order valence-corrected chi connectivity index (χ1v) is 5.06. The zero-order valence-corrected chi connectivity index (χ0v) is 9.03. The summed E-state index contributed by atoms with van der Waals surface area (Å²) in [5, 5.41) is 0. The van der Waals surface area contributed by atoms with Gasteiger partial charge in [-0.25, -0.2) is 4.39 Å². The standard InChI is InChI=1S/C12H16FNO/c1-8(2)10(7-14)12(15)9-5-3-4-6-11(9)13/h3-6,8,10H,7,14H2,1-2H3. The Hall–Kier alpha value is -1.22. The Bertz CT molecular complexity index is 349. The van der Waals surface area contributed by atoms with Gasteiger partial charge in [-0.2, -0.15) is 0 Å². The van der Waals surface area contributed by atoms with Gasteiger partial charge in [0.25, 0.3) is 0 Å². The first-order valence-electron chi connectivity index (χ1n) is 5.06. The Labute approximate surface area is 89.3 Å². The van der Waals surface area contributed by atoms with Crippen LogP contribution in [0.3, 0.4) is 0 Å². The summed E-state index contributed by atoms with van der Waals surface area (Å²) in [4.78, 5) is 11.9. The average Bonchev–Trinajstić information content (AvgIpc) is 2.18. The predicted octanol–water partition coefficient (Wildman–Crippen LogP) is 2.24. The smallest absolute Gasteiger partial charge is 0.170 e. The molecule has 1 atom stereocenters. The van der Waals surface area contributed by atoms with E-state index in [2.05, 4.69) is 0 Å². The van der Waals surface area contributed by atoms with Gasteiger partial charge in [-0.15, -0.1) is 0 Å². The first-order chi connectivity index (χ1) is 7.07. The number of hydrogen-bond donors (Lipinski definition) is 1. The van der Waals surface area contributed by atoms with Gasteiger partial charge in [0.05, 0.1) is 5.56 Å². The highest BCUT2D eigenvalue weighted by Gasteiger charge is 2.23. The Morgan fingerprint density at radius 1 is 1.40 bits per heavy atom. The quantitative estimate of drug-likeness (QED) is 0.773. The molecule has 0 radical (unpaired) electrons. The molecule has 0 bridgehead atoms. The van der Waals surface area contributed by atoms with Gasteiger partial charge in [-0.05, 0) is 18.1 Å². The van der Waals surface area contributed by atoms with Crippen molar-refractivity contribution in [2.24, 2.45) is 17.6 Å². The molecule has 1 aromatic rings. The van der Waals surface area contributed by atoms with E-state index in [1.54, 1.807) is 12.1 Å². The van der Waals surface area contributed by atoms with Crippen LogP contribution in [-0.2, 0) is 0 Å². The molecule has 0 aliphatic rings. The minimum absolute atomic E-state index is 0.127. The van der Waals surface area contributed by atoms with E-state index in [4.69, 9.17) is 5.73 Å². The fourth-order valence-electron chi connectivity index (χ4n) is 1.54. The van der Waals surface area contributed by atoms with Crippen LogP contribution in [0.1, 0.15) is 24.2 Å². The third-order valence-electron chi connectivity index (χ3n) is 2.53. The summed E-state index contributed by atoms with van der Waals surface area (Å²) < 4.78 is 13.3. The van der Waals surface area contributed by atoms with Crippen molar-refractivity contribution in [3.63, 3.8) is 0 Å². The maximum atomic E-state index is 13.3. The number of ketones is 1. The van der Waals surface area contributed by atoms with Crippen molar-refractivity contribution in [2.45, 2.75) is 13.8 Å². The van der Waals surface area contributed by atoms with E-state index >= 15 is 0 Å². The van der Waals surface area contributed by atoms with Crippen molar-refractivity contribution in [2.75, 3.05) is 6.54 Å². The van der Waals surface area contributed by atoms with Gasteiger partial charge in [0.1, 0.15) is 5.82 Å². The largest absolute Gasteiger partial charge is 0.330 e. The van der Waals surface area contributed by atoms with Gasteiger partial charge in [-0.3, -0.25) is 4.79 Å². The van der Waals surface area contributed by atoms with Crippen LogP contribution in [-0.4, -0.2) is 12.3 Å². The Balaban J connectivity index is 2.98. The molecule has 2 N–H and O–H groups in total. The van der Waals surface area contributed by atoms with E-state index in [-0.39, 0.29) is 29.7 Å². The molecule has 0 saturated carbocycles. The summed E-state index contributed by atoms with van der Waals surface area (Å²) in [6.45, 7) is 4.08. The van der Waals surface area contributed by atoms with E-state index in [1.807, 2.05) is 13.8 Å². The summed E-state index contributed by atoms with van der Waals surface area (Å²) in [6, 6.07) is 6.02. The van der Waals surface area contributed by atoms with Crippen LogP contribution in [0.5, 0.6) is 0 Å². The minimum atomic E-state index is -0.471. The first kappa shape index (κ1) is 11.9. The number of benzene rings is 1. The lowest BCUT2D eigenvalue weighted by molar-refractivity contribution is 0.0888. The highest BCUT2D eigenvalue weighted by atomic mass is 19.1. The van der Waals surface area contributed by atoms with E-state index in [1.165, 1.54) is 12.1 Å². The number of halogens is 1. The van der Waals surface area contributed by atoms with Crippen molar-refractivity contribution >= 4 is 5.78 Å². The zero-order valence-electron chi connectivity index (χ0n) is 9.03. The van der Waals surface area contributed by atoms with Crippen molar-refractivity contribution in [3.05, 3.63) is 35.6 Å². The maximum absolute atomic E-state index is 13.3. The number of carbonyl (C=O) groups excluding carboxylic acids is 1. The van der Waals surface area contributed by atoms with Gasteiger partial charge in [0.15, 0.2) is 5.78 Å². The molecule has 15 heavy (non-hydrogen) atoms. The van der Waals surface area contributed by atoms with Gasteiger partial charge in [-0.1, -0.05) is 26.0 Å². The van der Waals surface area contributed by atoms with Gasteiger partial charge >= 0.3 is 0 Å². The molecule has 0 spiro atoms. The number of hydrogen-bond acceptors (Lipinski definition) is 2. The second kappa shape index (κ2) is 5.03. The molecule has 0 heterocycles. The summed E-state index contributed by atoms with van der Waals surface area (Å²) in [6.07, 6.45) is 0. The highest BCUT2D eigenvalue weighted by Crippen LogP contribution is 2.18. The summed E-state index contributed by atoms with van der Waals surface area (Å²) in [5.74, 6) is -0.851. The van der Waals surface area contributed by atoms with E-state index in [0.29, 0.717) is 0 Å². The molecule has 1 unspecified atom stereocenters. The Morgan fingerprint density at radius 2 is 2.00 bits per heavy atom. The topological polar surface area (TPSA) is 43.1 Å². The SMILES string of the molecule is CC(C)C(CN)C(=O)c1ccccc1F. The third-order valence-corrected chi connectivity index (χ3v) is 2.53. The average molecular weight is 209 g/mol. The summed E-state index contributed by atoms with van der Waals surface area (Å²) in [7, 11) is 0. The molecule has 1 aromatic carbocycles. The van der Waals surface area contributed by atoms with E-state index < -0.39 is 5.82 Å². The molecular weight excluding hydrogens is 193 g/mol. The highest BCUT2D eigenvalue weighted by molar-refractivity contribution is 5.98. The molecule has 0 fully saturated rings. The summed E-state index contributed by atoms with van der Waals surface area (Å²) in [5.41, 5.74) is 5.66. The second-order valence-electron chi connectivity index (χ2n) is 3.93. The van der Waals surface area contributed by atoms with Gasteiger partial charge < -0.3 is 5.73 Å². The minimum Gasteiger partial charge on any atom is -0.330 e. The molecule has 0 saturated heterocycles. The Kier molecular flexibility index (Phi) is 3.97. The fourth-order valence-corrected chi connectivity index (χ4v) is 1.54. The number of carbonyl (C=O) groups is 1. The lowest BCUT2D eigenvalue weighted by atomic mass is 9.88. The van der Waals surface area contributed by atoms with E-state index in [0.717, 1.165) is 0 Å². The second-order valence-corrected chi connectivity index (χ2v) is 3.93. The number of nitrogens with two attached hydrogens (primary N) is 1. The third kappa shape index (κ3) is 2.63. The van der Waals surface area contributed by atoms with Crippen molar-refractivity contribution in [1.29, 1.82) is 0 Å². The monoisotopic (exact) mass is 209 g/mol. The lowest BCUT2D eigenvalue weighted by Crippen LogP contribution is -2.29. The molecule has 0 aliphatic carbocycles. The molecule has 1 rings (SSSR count). The van der Waals surface area contributed by atoms with Crippen LogP contribution in [0, 0.1) is 17.7 Å². The molecule has 0 amide bonds. The van der Waals surface area contributed by atoms with Gasteiger partial charge in [0.2, 0.25) is 0 Å². The maximum Gasteiger partial charge on any atom is 0.170 e. The molecule has 0 aliphatic heterocycles. The van der Waals surface area contributed by atoms with Crippen molar-refractivity contribution in [3.8, 4) is 0 Å². The van der Waals surface area contributed by atoms with Crippen LogP contribution in [0.4, 0.5) is 4.39 Å². The van der Waals surface area contributed by atoms with Crippen LogP contribution in [0.25, 0.3) is 0 Å². The molecule has 82 valence electrons. The number of rotatable bonds is 4. The van der Waals surface area contributed by atoms with E-state index in [9.17, 15) is 9.18 Å². The fraction of sp³-hybridized carbons (Fsp3) is 0.417. The summed E-state index contributed by atoms with van der Waals surface area (Å²) >= 11 is 0. The number of Topliss-reactive ketones (excluding diaryl/α,β-unsaturated/α-hetero) is 1. The van der Waals surface area contributed by atoms with Crippen LogP contribution < -0.4 is 5.73 Å². The Morgan fingerprint density at radius 3 is 2.47 bits per heavy atom. The van der Waals surface area contributed by atoms with Gasteiger partial charge in [0, 0.05) is 12.5 Å².